The van der Waals surface area contributed by atoms with E-state index in [2.05, 4.69) is 0 Å². The summed E-state index contributed by atoms with van der Waals surface area (Å²) in [7, 11) is 0. The quantitative estimate of drug-likeness (QED) is 0.481. The van der Waals surface area contributed by atoms with E-state index < -0.39 is 18.3 Å². The van der Waals surface area contributed by atoms with Crippen LogP contribution in [-0.2, 0) is 4.74 Å². The van der Waals surface area contributed by atoms with E-state index in [0.717, 1.165) is 0 Å². The number of hydrogen-bond acceptors (Lipinski definition) is 4. The molecule has 96 valence electrons. The minimum atomic E-state index is -0.900. The SMILES string of the molecule is C/C=C/C=C/[C@H]1CO[C@@H](/C=C/[C@@H](O)CO)[C@@H]1O. The average Bonchev–Trinajstić information content (AvgIpc) is 2.68. The van der Waals surface area contributed by atoms with Gasteiger partial charge in [0.25, 0.3) is 0 Å². The summed E-state index contributed by atoms with van der Waals surface area (Å²) in [4.78, 5) is 0. The van der Waals surface area contributed by atoms with E-state index >= 15 is 0 Å². The van der Waals surface area contributed by atoms with Gasteiger partial charge in [-0.25, -0.2) is 0 Å². The highest BCUT2D eigenvalue weighted by molar-refractivity contribution is 5.09. The van der Waals surface area contributed by atoms with Gasteiger partial charge in [-0.2, -0.15) is 0 Å². The molecule has 0 aromatic carbocycles. The van der Waals surface area contributed by atoms with Gasteiger partial charge in [0.15, 0.2) is 0 Å². The summed E-state index contributed by atoms with van der Waals surface area (Å²) in [6, 6.07) is 0. The van der Waals surface area contributed by atoms with Gasteiger partial charge in [0, 0.05) is 5.92 Å². The molecule has 0 spiro atoms. The zero-order valence-electron chi connectivity index (χ0n) is 9.94. The number of hydrogen-bond donors (Lipinski definition) is 3. The molecule has 4 nitrogen and oxygen atoms in total. The molecule has 0 aromatic rings. The number of aliphatic hydroxyl groups excluding tert-OH is 3. The molecule has 17 heavy (non-hydrogen) atoms. The Morgan fingerprint density at radius 3 is 2.76 bits per heavy atom. The summed E-state index contributed by atoms with van der Waals surface area (Å²) in [5.41, 5.74) is 0. The Morgan fingerprint density at radius 1 is 1.35 bits per heavy atom. The minimum Gasteiger partial charge on any atom is -0.393 e. The van der Waals surface area contributed by atoms with Crippen LogP contribution in [0.2, 0.25) is 0 Å². The van der Waals surface area contributed by atoms with Crippen molar-refractivity contribution in [2.45, 2.75) is 25.2 Å². The molecule has 1 saturated heterocycles. The molecule has 0 unspecified atom stereocenters. The Morgan fingerprint density at radius 2 is 2.12 bits per heavy atom. The lowest BCUT2D eigenvalue weighted by Gasteiger charge is -2.12. The molecule has 0 aromatic heterocycles. The van der Waals surface area contributed by atoms with Crippen LogP contribution in [0, 0.1) is 5.92 Å². The van der Waals surface area contributed by atoms with Crippen LogP contribution in [-0.4, -0.2) is 46.8 Å². The van der Waals surface area contributed by atoms with Gasteiger partial charge in [-0.3, -0.25) is 0 Å². The van der Waals surface area contributed by atoms with Crippen molar-refractivity contribution in [2.75, 3.05) is 13.2 Å². The lowest BCUT2D eigenvalue weighted by molar-refractivity contribution is 0.0704. The highest BCUT2D eigenvalue weighted by Crippen LogP contribution is 2.22. The monoisotopic (exact) mass is 240 g/mol. The van der Waals surface area contributed by atoms with E-state index in [0.29, 0.717) is 6.61 Å². The molecule has 4 heteroatoms. The van der Waals surface area contributed by atoms with Crippen molar-refractivity contribution in [1.29, 1.82) is 0 Å². The van der Waals surface area contributed by atoms with Crippen molar-refractivity contribution in [1.82, 2.24) is 0 Å². The molecule has 0 radical (unpaired) electrons. The maximum Gasteiger partial charge on any atom is 0.102 e. The second kappa shape index (κ2) is 7.40. The van der Waals surface area contributed by atoms with Crippen molar-refractivity contribution >= 4 is 0 Å². The molecular formula is C13H20O4. The smallest absolute Gasteiger partial charge is 0.102 e. The zero-order valence-corrected chi connectivity index (χ0v) is 9.94. The fourth-order valence-electron chi connectivity index (χ4n) is 1.62. The van der Waals surface area contributed by atoms with Crippen LogP contribution in [0.15, 0.2) is 36.5 Å². The van der Waals surface area contributed by atoms with Crippen LogP contribution in [0.3, 0.4) is 0 Å². The fourth-order valence-corrected chi connectivity index (χ4v) is 1.62. The minimum absolute atomic E-state index is 0.0351. The third-order valence-electron chi connectivity index (χ3n) is 2.63. The third kappa shape index (κ3) is 4.44. The zero-order chi connectivity index (χ0) is 12.7. The average molecular weight is 240 g/mol. The van der Waals surface area contributed by atoms with E-state index in [4.69, 9.17) is 14.9 Å². The first-order valence-electron chi connectivity index (χ1n) is 5.75. The van der Waals surface area contributed by atoms with E-state index in [1.54, 1.807) is 6.08 Å². The fraction of sp³-hybridized carbons (Fsp3) is 0.538. The molecule has 0 saturated carbocycles. The highest BCUT2D eigenvalue weighted by Gasteiger charge is 2.32. The van der Waals surface area contributed by atoms with Crippen LogP contribution in [0.25, 0.3) is 0 Å². The number of rotatable bonds is 5. The lowest BCUT2D eigenvalue weighted by atomic mass is 10.0. The van der Waals surface area contributed by atoms with Crippen molar-refractivity contribution in [3.63, 3.8) is 0 Å². The van der Waals surface area contributed by atoms with Crippen LogP contribution in [0.1, 0.15) is 6.92 Å². The Bertz CT molecular complexity index is 296. The van der Waals surface area contributed by atoms with Gasteiger partial charge in [-0.1, -0.05) is 36.5 Å². The van der Waals surface area contributed by atoms with Crippen molar-refractivity contribution in [3.8, 4) is 0 Å². The van der Waals surface area contributed by atoms with Crippen LogP contribution in [0.5, 0.6) is 0 Å². The van der Waals surface area contributed by atoms with Gasteiger partial charge >= 0.3 is 0 Å². The van der Waals surface area contributed by atoms with Crippen molar-refractivity contribution < 1.29 is 20.1 Å². The molecule has 4 atom stereocenters. The first-order chi connectivity index (χ1) is 8.19. The lowest BCUT2D eigenvalue weighted by Crippen LogP contribution is -2.24. The van der Waals surface area contributed by atoms with Crippen molar-refractivity contribution in [3.05, 3.63) is 36.5 Å². The standard InChI is InChI=1S/C13H20O4/c1-2-3-4-5-10-9-17-12(13(10)16)7-6-11(15)8-14/h2-7,10-16H,8-9H2,1H3/b3-2+,5-4+,7-6+/t10-,11+,12-,13+/m0/s1. The summed E-state index contributed by atoms with van der Waals surface area (Å²) in [5, 5.41) is 27.7. The largest absolute Gasteiger partial charge is 0.393 e. The summed E-state index contributed by atoms with van der Waals surface area (Å²) in [5.74, 6) is -0.0351. The summed E-state index contributed by atoms with van der Waals surface area (Å²) in [6.45, 7) is 2.05. The Hall–Kier alpha value is -0.940. The van der Waals surface area contributed by atoms with Gasteiger partial charge in [-0.05, 0) is 6.92 Å². The second-order valence-corrected chi connectivity index (χ2v) is 4.00. The maximum absolute atomic E-state index is 9.94. The molecule has 1 heterocycles. The Balaban J connectivity index is 2.49. The van der Waals surface area contributed by atoms with Gasteiger partial charge < -0.3 is 20.1 Å². The van der Waals surface area contributed by atoms with E-state index in [9.17, 15) is 5.11 Å². The van der Waals surface area contributed by atoms with Gasteiger partial charge in [0.2, 0.25) is 0 Å². The van der Waals surface area contributed by atoms with E-state index in [-0.39, 0.29) is 12.5 Å². The molecule has 1 rings (SSSR count). The summed E-state index contributed by atoms with van der Waals surface area (Å²) >= 11 is 0. The molecule has 1 aliphatic heterocycles. The Kier molecular flexibility index (Phi) is 6.15. The van der Waals surface area contributed by atoms with Gasteiger partial charge in [0.1, 0.15) is 6.10 Å². The van der Waals surface area contributed by atoms with E-state index in [1.807, 2.05) is 31.2 Å². The first-order valence-corrected chi connectivity index (χ1v) is 5.75. The van der Waals surface area contributed by atoms with Gasteiger partial charge in [-0.15, -0.1) is 0 Å². The second-order valence-electron chi connectivity index (χ2n) is 4.00. The molecule has 0 bridgehead atoms. The molecule has 0 amide bonds. The van der Waals surface area contributed by atoms with Crippen LogP contribution in [0.4, 0.5) is 0 Å². The third-order valence-corrected chi connectivity index (χ3v) is 2.63. The molecule has 3 N–H and O–H groups in total. The predicted octanol–water partition coefficient (Wildman–Crippen LogP) is 0.404. The molecular weight excluding hydrogens is 220 g/mol. The Labute approximate surface area is 102 Å². The number of ether oxygens (including phenoxy) is 1. The predicted molar refractivity (Wildman–Crippen MR) is 65.4 cm³/mol. The van der Waals surface area contributed by atoms with Crippen molar-refractivity contribution in [2.24, 2.45) is 5.92 Å². The normalized spacial score (nSPS) is 32.1. The number of aliphatic hydroxyl groups is 3. The maximum atomic E-state index is 9.94. The first kappa shape index (κ1) is 14.1. The summed E-state index contributed by atoms with van der Waals surface area (Å²) in [6.07, 6.45) is 8.69. The number of allylic oxidation sites excluding steroid dienone is 3. The van der Waals surface area contributed by atoms with Crippen LogP contribution >= 0.6 is 0 Å². The van der Waals surface area contributed by atoms with Gasteiger partial charge in [0.05, 0.1) is 25.4 Å². The molecule has 1 fully saturated rings. The molecule has 1 aliphatic rings. The van der Waals surface area contributed by atoms with E-state index in [1.165, 1.54) is 6.08 Å². The topological polar surface area (TPSA) is 69.9 Å². The van der Waals surface area contributed by atoms with Crippen LogP contribution < -0.4 is 0 Å². The summed E-state index contributed by atoms with van der Waals surface area (Å²) < 4.78 is 5.40. The molecule has 0 aliphatic carbocycles. The highest BCUT2D eigenvalue weighted by atomic mass is 16.5.